The van der Waals surface area contributed by atoms with E-state index in [9.17, 15) is 9.18 Å². The zero-order valence-corrected chi connectivity index (χ0v) is 15.5. The van der Waals surface area contributed by atoms with Crippen LogP contribution in [-0.2, 0) is 12.6 Å². The highest BCUT2D eigenvalue weighted by Crippen LogP contribution is 2.28. The molecule has 0 aliphatic carbocycles. The maximum absolute atomic E-state index is 14.2. The number of nitrogens with zero attached hydrogens (tertiary/aromatic N) is 2. The van der Waals surface area contributed by atoms with Crippen molar-refractivity contribution in [2.45, 2.75) is 26.3 Å². The van der Waals surface area contributed by atoms with Crippen molar-refractivity contribution in [3.8, 4) is 0 Å². The number of carbonyl (C=O) groups excluding carboxylic acids is 1. The van der Waals surface area contributed by atoms with Gasteiger partial charge in [-0.3, -0.25) is 10.00 Å². The van der Waals surface area contributed by atoms with Gasteiger partial charge in [0, 0.05) is 12.6 Å². The largest absolute Gasteiger partial charge is 0.329 e. The third-order valence-electron chi connectivity index (χ3n) is 3.43. The first kappa shape index (κ1) is 17.7. The number of hydrogen-bond acceptors (Lipinski definition) is 2. The molecule has 1 heterocycles. The number of hydrogen-bond donors (Lipinski definition) is 2. The van der Waals surface area contributed by atoms with Crippen molar-refractivity contribution in [1.29, 1.82) is 0 Å². The van der Waals surface area contributed by atoms with Crippen molar-refractivity contribution < 1.29 is 9.18 Å². The Hall–Kier alpha value is -1.60. The molecule has 5 nitrogen and oxygen atoms in total. The molecule has 0 aliphatic rings. The Morgan fingerprint density at radius 1 is 1.43 bits per heavy atom. The number of anilines is 1. The van der Waals surface area contributed by atoms with Gasteiger partial charge < -0.3 is 5.32 Å². The van der Waals surface area contributed by atoms with Gasteiger partial charge in [-0.1, -0.05) is 23.7 Å². The molecule has 0 bridgehead atoms. The second-order valence-corrected chi connectivity index (χ2v) is 6.88. The Balaban J connectivity index is 2.20. The topological polar surface area (TPSA) is 59.0 Å². The molecule has 0 saturated heterocycles. The second kappa shape index (κ2) is 6.49. The van der Waals surface area contributed by atoms with Crippen LogP contribution < -0.4 is 10.6 Å². The van der Waals surface area contributed by atoms with Crippen molar-refractivity contribution in [3.05, 3.63) is 44.8 Å². The SMILES string of the molecule is Cc1nn(C)c(NC(=O)NC(C)(C)c2cccc(Cl)c2F)c1Br. The van der Waals surface area contributed by atoms with E-state index in [0.29, 0.717) is 15.9 Å². The third-order valence-corrected chi connectivity index (χ3v) is 4.67. The number of aromatic nitrogens is 2. The normalized spacial score (nSPS) is 11.4. The number of halogens is 3. The minimum absolute atomic E-state index is 0.0165. The first-order chi connectivity index (χ1) is 10.6. The molecule has 8 heteroatoms. The molecule has 0 spiro atoms. The third kappa shape index (κ3) is 3.67. The summed E-state index contributed by atoms with van der Waals surface area (Å²) >= 11 is 9.18. The fourth-order valence-electron chi connectivity index (χ4n) is 2.24. The molecule has 0 fully saturated rings. The Morgan fingerprint density at radius 3 is 2.65 bits per heavy atom. The van der Waals surface area contributed by atoms with Gasteiger partial charge in [0.05, 0.1) is 20.7 Å². The quantitative estimate of drug-likeness (QED) is 0.801. The van der Waals surface area contributed by atoms with Crippen LogP contribution >= 0.6 is 27.5 Å². The Kier molecular flexibility index (Phi) is 5.01. The molecule has 0 aliphatic heterocycles. The predicted molar refractivity (Wildman–Crippen MR) is 92.2 cm³/mol. The molecule has 2 N–H and O–H groups in total. The highest BCUT2D eigenvalue weighted by atomic mass is 79.9. The summed E-state index contributed by atoms with van der Waals surface area (Å²) < 4.78 is 16.4. The molecule has 23 heavy (non-hydrogen) atoms. The first-order valence-corrected chi connectivity index (χ1v) is 8.03. The summed E-state index contributed by atoms with van der Waals surface area (Å²) in [6.45, 7) is 5.22. The van der Waals surface area contributed by atoms with Crippen LogP contribution in [0.4, 0.5) is 15.0 Å². The lowest BCUT2D eigenvalue weighted by Gasteiger charge is -2.27. The highest BCUT2D eigenvalue weighted by Gasteiger charge is 2.27. The molecule has 0 radical (unpaired) electrons. The van der Waals surface area contributed by atoms with Gasteiger partial charge in [-0.05, 0) is 42.8 Å². The fourth-order valence-corrected chi connectivity index (χ4v) is 2.85. The van der Waals surface area contributed by atoms with Crippen molar-refractivity contribution in [3.63, 3.8) is 0 Å². The number of rotatable bonds is 3. The van der Waals surface area contributed by atoms with E-state index in [4.69, 9.17) is 11.6 Å². The summed E-state index contributed by atoms with van der Waals surface area (Å²) in [5.41, 5.74) is 0.113. The van der Waals surface area contributed by atoms with Gasteiger partial charge in [-0.2, -0.15) is 5.10 Å². The number of urea groups is 1. The fraction of sp³-hybridized carbons (Fsp3) is 0.333. The molecular weight excluding hydrogens is 387 g/mol. The van der Waals surface area contributed by atoms with E-state index in [1.54, 1.807) is 37.7 Å². The van der Waals surface area contributed by atoms with Gasteiger partial charge in [-0.25, -0.2) is 9.18 Å². The smallest absolute Gasteiger partial charge is 0.321 e. The zero-order valence-electron chi connectivity index (χ0n) is 13.2. The van der Waals surface area contributed by atoms with Crippen LogP contribution in [0.3, 0.4) is 0 Å². The summed E-state index contributed by atoms with van der Waals surface area (Å²) in [5, 5.41) is 9.66. The molecule has 0 saturated carbocycles. The van der Waals surface area contributed by atoms with E-state index in [-0.39, 0.29) is 5.02 Å². The van der Waals surface area contributed by atoms with Crippen LogP contribution in [-0.4, -0.2) is 15.8 Å². The molecule has 0 unspecified atom stereocenters. The number of amides is 2. The van der Waals surface area contributed by atoms with E-state index in [2.05, 4.69) is 31.7 Å². The Morgan fingerprint density at radius 2 is 2.09 bits per heavy atom. The molecule has 0 atom stereocenters. The van der Waals surface area contributed by atoms with Gasteiger partial charge in [0.1, 0.15) is 11.6 Å². The minimum atomic E-state index is -0.945. The van der Waals surface area contributed by atoms with Crippen LogP contribution in [0.25, 0.3) is 0 Å². The van der Waals surface area contributed by atoms with Gasteiger partial charge in [0.15, 0.2) is 0 Å². The molecular formula is C15H17BrClFN4O. The van der Waals surface area contributed by atoms with Crippen LogP contribution in [0, 0.1) is 12.7 Å². The number of nitrogens with one attached hydrogen (secondary N) is 2. The molecule has 124 valence electrons. The second-order valence-electron chi connectivity index (χ2n) is 5.68. The van der Waals surface area contributed by atoms with Crippen LogP contribution in [0.15, 0.2) is 22.7 Å². The van der Waals surface area contributed by atoms with Crippen molar-refractivity contribution in [1.82, 2.24) is 15.1 Å². The van der Waals surface area contributed by atoms with E-state index in [0.717, 1.165) is 5.69 Å². The lowest BCUT2D eigenvalue weighted by atomic mass is 9.94. The van der Waals surface area contributed by atoms with Crippen molar-refractivity contribution in [2.24, 2.45) is 7.05 Å². The van der Waals surface area contributed by atoms with Gasteiger partial charge in [0.25, 0.3) is 0 Å². The lowest BCUT2D eigenvalue weighted by molar-refractivity contribution is 0.241. The average molecular weight is 404 g/mol. The van der Waals surface area contributed by atoms with Crippen molar-refractivity contribution in [2.75, 3.05) is 5.32 Å². The van der Waals surface area contributed by atoms with E-state index < -0.39 is 17.4 Å². The molecule has 2 aromatic rings. The number of aryl methyl sites for hydroxylation is 2. The van der Waals surface area contributed by atoms with Crippen LogP contribution in [0.1, 0.15) is 25.1 Å². The summed E-state index contributed by atoms with van der Waals surface area (Å²) in [7, 11) is 1.72. The van der Waals surface area contributed by atoms with E-state index >= 15 is 0 Å². The standard InChI is InChI=1S/C15H17BrClFN4O/c1-8-11(16)13(22(4)21-8)19-14(23)20-15(2,3)9-6-5-7-10(17)12(9)18/h5-7H,1-4H3,(H2,19,20,23). The van der Waals surface area contributed by atoms with Crippen LogP contribution in [0.5, 0.6) is 0 Å². The molecule has 1 aromatic carbocycles. The molecule has 2 amide bonds. The lowest BCUT2D eigenvalue weighted by Crippen LogP contribution is -2.44. The van der Waals surface area contributed by atoms with E-state index in [1.807, 2.05) is 6.92 Å². The summed E-state index contributed by atoms with van der Waals surface area (Å²) in [4.78, 5) is 12.3. The zero-order chi connectivity index (χ0) is 17.4. The number of benzene rings is 1. The van der Waals surface area contributed by atoms with Gasteiger partial charge in [0.2, 0.25) is 0 Å². The average Bonchev–Trinajstić information content (AvgIpc) is 2.67. The molecule has 2 rings (SSSR count). The first-order valence-electron chi connectivity index (χ1n) is 6.86. The maximum atomic E-state index is 14.2. The highest BCUT2D eigenvalue weighted by molar-refractivity contribution is 9.10. The summed E-state index contributed by atoms with van der Waals surface area (Å²) in [6.07, 6.45) is 0. The monoisotopic (exact) mass is 402 g/mol. The van der Waals surface area contributed by atoms with Gasteiger partial charge in [-0.15, -0.1) is 0 Å². The Labute approximate surface area is 147 Å². The Bertz CT molecular complexity index is 760. The maximum Gasteiger partial charge on any atom is 0.321 e. The molecule has 1 aromatic heterocycles. The minimum Gasteiger partial charge on any atom is -0.329 e. The number of carbonyl (C=O) groups is 1. The van der Waals surface area contributed by atoms with E-state index in [1.165, 1.54) is 6.07 Å². The van der Waals surface area contributed by atoms with Crippen LogP contribution in [0.2, 0.25) is 5.02 Å². The van der Waals surface area contributed by atoms with Crippen molar-refractivity contribution >= 4 is 39.4 Å². The van der Waals surface area contributed by atoms with Gasteiger partial charge >= 0.3 is 6.03 Å². The predicted octanol–water partition coefficient (Wildman–Crippen LogP) is 4.34. The summed E-state index contributed by atoms with van der Waals surface area (Å²) in [5.74, 6) is -0.0283. The summed E-state index contributed by atoms with van der Waals surface area (Å²) in [6, 6.07) is 4.22.